The lowest BCUT2D eigenvalue weighted by Crippen LogP contribution is -2.28. The second-order valence-electron chi connectivity index (χ2n) is 5.15. The highest BCUT2D eigenvalue weighted by molar-refractivity contribution is 4.73. The third kappa shape index (κ3) is 5.53. The second-order valence-corrected chi connectivity index (χ2v) is 5.15. The van der Waals surface area contributed by atoms with E-state index in [9.17, 15) is 5.11 Å². The Kier molecular flexibility index (Phi) is 6.26. The quantitative estimate of drug-likeness (QED) is 0.563. The minimum Gasteiger partial charge on any atom is -0.390 e. The van der Waals surface area contributed by atoms with E-state index in [-0.39, 0.29) is 12.2 Å². The van der Waals surface area contributed by atoms with Crippen LogP contribution in [-0.2, 0) is 4.74 Å². The second kappa shape index (κ2) is 7.24. The number of hydrogen-bond donors (Lipinski definition) is 1. The molecule has 0 aliphatic heterocycles. The molecule has 1 N–H and O–H groups in total. The first-order valence-corrected chi connectivity index (χ1v) is 6.50. The molecule has 2 atom stereocenters. The molecule has 0 aromatic carbocycles. The topological polar surface area (TPSA) is 29.5 Å². The molecule has 0 bridgehead atoms. The molecule has 0 spiro atoms. The molecule has 0 heterocycles. The summed E-state index contributed by atoms with van der Waals surface area (Å²) < 4.78 is 5.78. The average molecular weight is 214 g/mol. The number of ether oxygens (including phenoxy) is 1. The predicted octanol–water partition coefficient (Wildman–Crippen LogP) is 3.13. The minimum atomic E-state index is -0.216. The fourth-order valence-corrected chi connectivity index (χ4v) is 2.17. The van der Waals surface area contributed by atoms with Gasteiger partial charge >= 0.3 is 0 Å². The van der Waals surface area contributed by atoms with Crippen molar-refractivity contribution in [2.45, 2.75) is 71.0 Å². The van der Waals surface area contributed by atoms with Crippen LogP contribution in [0.4, 0.5) is 0 Å². The normalized spacial score (nSPS) is 28.0. The van der Waals surface area contributed by atoms with E-state index >= 15 is 0 Å². The van der Waals surface area contributed by atoms with Gasteiger partial charge in [-0.05, 0) is 31.6 Å². The monoisotopic (exact) mass is 214 g/mol. The Morgan fingerprint density at radius 1 is 1.20 bits per heavy atom. The Balaban J connectivity index is 2.12. The first-order chi connectivity index (χ1) is 7.20. The van der Waals surface area contributed by atoms with E-state index in [0.29, 0.717) is 0 Å². The van der Waals surface area contributed by atoms with Gasteiger partial charge in [-0.15, -0.1) is 0 Å². The molecule has 1 saturated carbocycles. The van der Waals surface area contributed by atoms with E-state index in [2.05, 4.69) is 13.8 Å². The number of aliphatic hydroxyl groups is 1. The molecule has 0 amide bonds. The van der Waals surface area contributed by atoms with E-state index in [0.717, 1.165) is 38.2 Å². The van der Waals surface area contributed by atoms with E-state index in [4.69, 9.17) is 4.74 Å². The minimum absolute atomic E-state index is 0.111. The van der Waals surface area contributed by atoms with Gasteiger partial charge in [-0.3, -0.25) is 0 Å². The zero-order chi connectivity index (χ0) is 11.1. The van der Waals surface area contributed by atoms with Gasteiger partial charge < -0.3 is 9.84 Å². The van der Waals surface area contributed by atoms with Gasteiger partial charge in [0.15, 0.2) is 0 Å². The molecule has 2 unspecified atom stereocenters. The van der Waals surface area contributed by atoms with Crippen LogP contribution in [-0.4, -0.2) is 23.9 Å². The molecule has 15 heavy (non-hydrogen) atoms. The molecule has 0 aromatic heterocycles. The first kappa shape index (κ1) is 13.0. The summed E-state index contributed by atoms with van der Waals surface area (Å²) in [6.45, 7) is 5.29. The van der Waals surface area contributed by atoms with Crippen molar-refractivity contribution >= 4 is 0 Å². The number of rotatable bonds is 5. The molecular formula is C13H26O2. The van der Waals surface area contributed by atoms with Crippen LogP contribution in [0.3, 0.4) is 0 Å². The van der Waals surface area contributed by atoms with Gasteiger partial charge in [0.2, 0.25) is 0 Å². The summed E-state index contributed by atoms with van der Waals surface area (Å²) in [6.07, 6.45) is 7.84. The van der Waals surface area contributed by atoms with Gasteiger partial charge in [0.05, 0.1) is 12.2 Å². The molecular weight excluding hydrogens is 188 g/mol. The van der Waals surface area contributed by atoms with Crippen LogP contribution in [0.15, 0.2) is 0 Å². The van der Waals surface area contributed by atoms with Crippen LogP contribution in [0.25, 0.3) is 0 Å². The van der Waals surface area contributed by atoms with Crippen molar-refractivity contribution in [1.82, 2.24) is 0 Å². The Bertz CT molecular complexity index is 157. The van der Waals surface area contributed by atoms with Crippen LogP contribution < -0.4 is 0 Å². The number of hydrogen-bond acceptors (Lipinski definition) is 2. The maximum atomic E-state index is 9.83. The van der Waals surface area contributed by atoms with Crippen LogP contribution in [0.2, 0.25) is 0 Å². The van der Waals surface area contributed by atoms with Crippen LogP contribution in [0.5, 0.6) is 0 Å². The highest BCUT2D eigenvalue weighted by atomic mass is 16.5. The molecule has 2 heteroatoms. The standard InChI is InChI=1S/C13H26O2/c1-11(2)7-6-10-15-13-9-5-3-4-8-12(13)14/h11-14H,3-10H2,1-2H3. The fraction of sp³-hybridized carbons (Fsp3) is 1.00. The van der Waals surface area contributed by atoms with Crippen LogP contribution in [0, 0.1) is 5.92 Å². The Morgan fingerprint density at radius 3 is 2.67 bits per heavy atom. The summed E-state index contributed by atoms with van der Waals surface area (Å²) in [5.41, 5.74) is 0. The molecule has 0 radical (unpaired) electrons. The molecule has 2 nitrogen and oxygen atoms in total. The molecule has 1 rings (SSSR count). The number of aliphatic hydroxyl groups excluding tert-OH is 1. The lowest BCUT2D eigenvalue weighted by Gasteiger charge is -2.21. The molecule has 0 saturated heterocycles. The van der Waals surface area contributed by atoms with Crippen molar-refractivity contribution in [2.75, 3.05) is 6.61 Å². The van der Waals surface area contributed by atoms with Gasteiger partial charge in [0.25, 0.3) is 0 Å². The largest absolute Gasteiger partial charge is 0.390 e. The van der Waals surface area contributed by atoms with Crippen molar-refractivity contribution in [2.24, 2.45) is 5.92 Å². The van der Waals surface area contributed by atoms with E-state index in [1.54, 1.807) is 0 Å². The van der Waals surface area contributed by atoms with Gasteiger partial charge in [-0.25, -0.2) is 0 Å². The van der Waals surface area contributed by atoms with E-state index < -0.39 is 0 Å². The lowest BCUT2D eigenvalue weighted by atomic mass is 10.1. The first-order valence-electron chi connectivity index (χ1n) is 6.50. The summed E-state index contributed by atoms with van der Waals surface area (Å²) in [5.74, 6) is 0.757. The lowest BCUT2D eigenvalue weighted by molar-refractivity contribution is -0.0416. The third-order valence-electron chi connectivity index (χ3n) is 3.18. The summed E-state index contributed by atoms with van der Waals surface area (Å²) in [5, 5.41) is 9.83. The predicted molar refractivity (Wildman–Crippen MR) is 62.9 cm³/mol. The average Bonchev–Trinajstić information content (AvgIpc) is 2.38. The third-order valence-corrected chi connectivity index (χ3v) is 3.18. The van der Waals surface area contributed by atoms with Crippen LogP contribution in [0.1, 0.15) is 58.8 Å². The summed E-state index contributed by atoms with van der Waals surface area (Å²) in [4.78, 5) is 0. The van der Waals surface area contributed by atoms with Gasteiger partial charge in [0, 0.05) is 6.61 Å². The summed E-state index contributed by atoms with van der Waals surface area (Å²) >= 11 is 0. The van der Waals surface area contributed by atoms with E-state index in [1.165, 1.54) is 19.3 Å². The fourth-order valence-electron chi connectivity index (χ4n) is 2.17. The zero-order valence-electron chi connectivity index (χ0n) is 10.2. The van der Waals surface area contributed by atoms with Crippen molar-refractivity contribution in [3.63, 3.8) is 0 Å². The van der Waals surface area contributed by atoms with E-state index in [1.807, 2.05) is 0 Å². The molecule has 90 valence electrons. The summed E-state index contributed by atoms with van der Waals surface area (Å²) in [6, 6.07) is 0. The SMILES string of the molecule is CC(C)CCCOC1CCCCCC1O. The molecule has 0 aromatic rings. The van der Waals surface area contributed by atoms with Crippen molar-refractivity contribution in [1.29, 1.82) is 0 Å². The Hall–Kier alpha value is -0.0800. The maximum Gasteiger partial charge on any atom is 0.0833 e. The highest BCUT2D eigenvalue weighted by Crippen LogP contribution is 2.20. The molecule has 1 aliphatic carbocycles. The van der Waals surface area contributed by atoms with Gasteiger partial charge in [-0.1, -0.05) is 33.1 Å². The maximum absolute atomic E-state index is 9.83. The Labute approximate surface area is 94.0 Å². The van der Waals surface area contributed by atoms with Crippen molar-refractivity contribution in [3.8, 4) is 0 Å². The molecule has 1 aliphatic rings. The van der Waals surface area contributed by atoms with Gasteiger partial charge in [0.1, 0.15) is 0 Å². The van der Waals surface area contributed by atoms with Gasteiger partial charge in [-0.2, -0.15) is 0 Å². The molecule has 1 fully saturated rings. The zero-order valence-corrected chi connectivity index (χ0v) is 10.2. The van der Waals surface area contributed by atoms with Crippen molar-refractivity contribution < 1.29 is 9.84 Å². The summed E-state index contributed by atoms with van der Waals surface area (Å²) in [7, 11) is 0. The highest BCUT2D eigenvalue weighted by Gasteiger charge is 2.21. The Morgan fingerprint density at radius 2 is 1.93 bits per heavy atom. The smallest absolute Gasteiger partial charge is 0.0833 e. The van der Waals surface area contributed by atoms with Crippen molar-refractivity contribution in [3.05, 3.63) is 0 Å². The van der Waals surface area contributed by atoms with Crippen LogP contribution >= 0.6 is 0 Å².